The number of carbonyl (C=O) groups excluding carboxylic acids is 2. The van der Waals surface area contributed by atoms with E-state index in [1.54, 1.807) is 16.7 Å². The lowest BCUT2D eigenvalue weighted by molar-refractivity contribution is -0.141. The molecular weight excluding hydrogens is 452 g/mol. The summed E-state index contributed by atoms with van der Waals surface area (Å²) in [5, 5.41) is 3.11. The van der Waals surface area contributed by atoms with Crippen LogP contribution < -0.4 is 5.32 Å². The third-order valence-corrected chi connectivity index (χ3v) is 6.58. The minimum atomic E-state index is -0.603. The maximum Gasteiger partial charge on any atom is 0.243 e. The van der Waals surface area contributed by atoms with E-state index in [0.717, 1.165) is 16.0 Å². The molecule has 0 radical (unpaired) electrons. The van der Waals surface area contributed by atoms with Crippen molar-refractivity contribution < 1.29 is 9.59 Å². The summed E-state index contributed by atoms with van der Waals surface area (Å²) in [6.07, 6.45) is 0.825. The lowest BCUT2D eigenvalue weighted by atomic mass is 10.0. The van der Waals surface area contributed by atoms with Crippen LogP contribution in [-0.4, -0.2) is 34.0 Å². The Bertz CT molecular complexity index is 1080. The number of aryl methyl sites for hydroxylation is 1. The van der Waals surface area contributed by atoms with Gasteiger partial charge >= 0.3 is 0 Å². The summed E-state index contributed by atoms with van der Waals surface area (Å²) in [4.78, 5) is 30.0. The normalized spacial score (nSPS) is 12.1. The van der Waals surface area contributed by atoms with Crippen LogP contribution in [0.1, 0.15) is 43.9 Å². The SMILES string of the molecule is Cc1ccc(SCCC(=O)N(Cc2ccccc2)[C@@H](Cc2ccccc2)C(=O)NC(C)(C)C)cc1. The summed E-state index contributed by atoms with van der Waals surface area (Å²) in [5.41, 5.74) is 2.86. The zero-order valence-corrected chi connectivity index (χ0v) is 22.0. The predicted molar refractivity (Wildman–Crippen MR) is 145 cm³/mol. The monoisotopic (exact) mass is 488 g/mol. The van der Waals surface area contributed by atoms with Crippen LogP contribution in [0.15, 0.2) is 89.8 Å². The first-order chi connectivity index (χ1) is 16.7. The standard InChI is InChI=1S/C30H36N2O2S/c1-23-15-17-26(18-16-23)35-20-19-28(33)32(22-25-13-9-6-10-14-25)27(29(34)31-30(2,3)4)21-24-11-7-5-8-12-24/h5-18,27H,19-22H2,1-4H3,(H,31,34)/t27-/m0/s1. The molecule has 0 aliphatic rings. The first-order valence-electron chi connectivity index (χ1n) is 12.1. The third-order valence-electron chi connectivity index (χ3n) is 5.57. The molecule has 0 saturated carbocycles. The van der Waals surface area contributed by atoms with E-state index < -0.39 is 11.6 Å². The molecule has 0 aromatic heterocycles. The fourth-order valence-corrected chi connectivity index (χ4v) is 4.66. The van der Waals surface area contributed by atoms with E-state index in [1.807, 2.05) is 81.4 Å². The Kier molecular flexibility index (Phi) is 9.55. The number of thioether (sulfide) groups is 1. The molecule has 4 nitrogen and oxygen atoms in total. The van der Waals surface area contributed by atoms with Crippen molar-refractivity contribution in [2.75, 3.05) is 5.75 Å². The van der Waals surface area contributed by atoms with Crippen LogP contribution in [0, 0.1) is 6.92 Å². The summed E-state index contributed by atoms with van der Waals surface area (Å²) in [6.45, 7) is 8.35. The molecule has 35 heavy (non-hydrogen) atoms. The highest BCUT2D eigenvalue weighted by Gasteiger charge is 2.32. The van der Waals surface area contributed by atoms with Crippen molar-refractivity contribution in [2.45, 2.75) is 63.6 Å². The number of rotatable bonds is 10. The summed E-state index contributed by atoms with van der Waals surface area (Å²) in [5.74, 6) is 0.516. The Balaban J connectivity index is 1.83. The molecule has 2 amide bonds. The molecule has 0 aliphatic heterocycles. The Morgan fingerprint density at radius 2 is 1.43 bits per heavy atom. The number of benzene rings is 3. The molecule has 1 N–H and O–H groups in total. The molecule has 0 fully saturated rings. The molecular formula is C30H36N2O2S. The van der Waals surface area contributed by atoms with Crippen LogP contribution in [-0.2, 0) is 22.6 Å². The fraction of sp³-hybridized carbons (Fsp3) is 0.333. The van der Waals surface area contributed by atoms with Crippen molar-refractivity contribution in [3.8, 4) is 0 Å². The highest BCUT2D eigenvalue weighted by Crippen LogP contribution is 2.21. The van der Waals surface area contributed by atoms with Crippen molar-refractivity contribution in [2.24, 2.45) is 0 Å². The summed E-state index contributed by atoms with van der Waals surface area (Å²) >= 11 is 1.67. The fourth-order valence-electron chi connectivity index (χ4n) is 3.82. The van der Waals surface area contributed by atoms with Crippen molar-refractivity contribution in [3.05, 3.63) is 102 Å². The topological polar surface area (TPSA) is 49.4 Å². The van der Waals surface area contributed by atoms with Gasteiger partial charge in [0.15, 0.2) is 0 Å². The van der Waals surface area contributed by atoms with E-state index in [2.05, 4.69) is 36.5 Å². The van der Waals surface area contributed by atoms with Gasteiger partial charge in [-0.2, -0.15) is 0 Å². The highest BCUT2D eigenvalue weighted by molar-refractivity contribution is 7.99. The zero-order chi connectivity index (χ0) is 25.3. The molecule has 0 bridgehead atoms. The Hall–Kier alpha value is -3.05. The summed E-state index contributed by atoms with van der Waals surface area (Å²) in [7, 11) is 0. The minimum Gasteiger partial charge on any atom is -0.350 e. The van der Waals surface area contributed by atoms with Gasteiger partial charge in [-0.3, -0.25) is 9.59 Å². The molecule has 0 unspecified atom stereocenters. The summed E-state index contributed by atoms with van der Waals surface area (Å²) in [6, 6.07) is 27.5. The second-order valence-corrected chi connectivity index (χ2v) is 11.0. The molecule has 1 atom stereocenters. The van der Waals surface area contributed by atoms with Crippen LogP contribution in [0.5, 0.6) is 0 Å². The molecule has 0 heterocycles. The number of amides is 2. The Morgan fingerprint density at radius 3 is 2.00 bits per heavy atom. The molecule has 3 rings (SSSR count). The second kappa shape index (κ2) is 12.6. The minimum absolute atomic E-state index is 0.0153. The Labute approximate surface area is 214 Å². The van der Waals surface area contributed by atoms with Gasteiger partial charge in [-0.15, -0.1) is 11.8 Å². The van der Waals surface area contributed by atoms with Gasteiger partial charge in [-0.05, 0) is 51.0 Å². The van der Waals surface area contributed by atoms with Gasteiger partial charge in [0.05, 0.1) is 0 Å². The van der Waals surface area contributed by atoms with Gasteiger partial charge in [0, 0.05) is 35.6 Å². The van der Waals surface area contributed by atoms with E-state index in [0.29, 0.717) is 25.1 Å². The molecule has 3 aromatic rings. The van der Waals surface area contributed by atoms with Crippen LogP contribution in [0.25, 0.3) is 0 Å². The van der Waals surface area contributed by atoms with Crippen LogP contribution >= 0.6 is 11.8 Å². The average Bonchev–Trinajstić information content (AvgIpc) is 2.82. The van der Waals surface area contributed by atoms with Gasteiger partial charge in [0.1, 0.15) is 6.04 Å². The summed E-state index contributed by atoms with van der Waals surface area (Å²) < 4.78 is 0. The molecule has 0 spiro atoms. The van der Waals surface area contributed by atoms with Gasteiger partial charge in [-0.1, -0.05) is 78.4 Å². The zero-order valence-electron chi connectivity index (χ0n) is 21.2. The molecule has 184 valence electrons. The van der Waals surface area contributed by atoms with Gasteiger partial charge in [0.25, 0.3) is 0 Å². The number of hydrogen-bond acceptors (Lipinski definition) is 3. The molecule has 0 aliphatic carbocycles. The largest absolute Gasteiger partial charge is 0.350 e. The van der Waals surface area contributed by atoms with Crippen LogP contribution in [0.3, 0.4) is 0 Å². The lowest BCUT2D eigenvalue weighted by Crippen LogP contribution is -2.54. The van der Waals surface area contributed by atoms with Crippen LogP contribution in [0.2, 0.25) is 0 Å². The number of hydrogen-bond donors (Lipinski definition) is 1. The van der Waals surface area contributed by atoms with E-state index in [1.165, 1.54) is 5.56 Å². The van der Waals surface area contributed by atoms with Gasteiger partial charge in [-0.25, -0.2) is 0 Å². The first kappa shape index (κ1) is 26.6. The van der Waals surface area contributed by atoms with E-state index >= 15 is 0 Å². The quantitative estimate of drug-likeness (QED) is 0.354. The lowest BCUT2D eigenvalue weighted by Gasteiger charge is -2.34. The molecule has 5 heteroatoms. The first-order valence-corrected chi connectivity index (χ1v) is 13.1. The molecule has 0 saturated heterocycles. The van der Waals surface area contributed by atoms with Crippen molar-refractivity contribution in [1.82, 2.24) is 10.2 Å². The van der Waals surface area contributed by atoms with E-state index in [4.69, 9.17) is 0 Å². The maximum absolute atomic E-state index is 13.6. The number of carbonyl (C=O) groups is 2. The maximum atomic E-state index is 13.6. The smallest absolute Gasteiger partial charge is 0.243 e. The van der Waals surface area contributed by atoms with Gasteiger partial charge < -0.3 is 10.2 Å². The Morgan fingerprint density at radius 1 is 0.857 bits per heavy atom. The van der Waals surface area contributed by atoms with Crippen molar-refractivity contribution in [1.29, 1.82) is 0 Å². The third kappa shape index (κ3) is 8.91. The van der Waals surface area contributed by atoms with Gasteiger partial charge in [0.2, 0.25) is 11.8 Å². The number of nitrogens with one attached hydrogen (secondary N) is 1. The van der Waals surface area contributed by atoms with E-state index in [9.17, 15) is 9.59 Å². The number of nitrogens with zero attached hydrogens (tertiary/aromatic N) is 1. The van der Waals surface area contributed by atoms with Crippen molar-refractivity contribution >= 4 is 23.6 Å². The van der Waals surface area contributed by atoms with Crippen molar-refractivity contribution in [3.63, 3.8) is 0 Å². The average molecular weight is 489 g/mol. The highest BCUT2D eigenvalue weighted by atomic mass is 32.2. The second-order valence-electron chi connectivity index (χ2n) is 9.86. The van der Waals surface area contributed by atoms with E-state index in [-0.39, 0.29) is 11.8 Å². The van der Waals surface area contributed by atoms with Crippen LogP contribution in [0.4, 0.5) is 0 Å². The predicted octanol–water partition coefficient (Wildman–Crippen LogP) is 6.03. The molecule has 3 aromatic carbocycles.